The van der Waals surface area contributed by atoms with Crippen molar-refractivity contribution >= 4 is 17.3 Å². The van der Waals surface area contributed by atoms with E-state index in [9.17, 15) is 5.21 Å². The van der Waals surface area contributed by atoms with E-state index in [-0.39, 0.29) is 6.79 Å². The first-order valence-corrected chi connectivity index (χ1v) is 8.89. The molecule has 0 saturated carbocycles. The Balaban J connectivity index is 1.72. The van der Waals surface area contributed by atoms with Crippen LogP contribution < -0.4 is 20.0 Å². The quantitative estimate of drug-likeness (QED) is 0.743. The van der Waals surface area contributed by atoms with Crippen LogP contribution in [0, 0.1) is 0 Å². The summed E-state index contributed by atoms with van der Waals surface area (Å²) in [6.45, 7) is 0.201. The Hall–Kier alpha value is -3.02. The van der Waals surface area contributed by atoms with Gasteiger partial charge < -0.3 is 9.47 Å². The van der Waals surface area contributed by atoms with Gasteiger partial charge in [0.05, 0.1) is 11.1 Å². The molecule has 134 valence electrons. The topological polar surface area (TPSA) is 54.3 Å². The van der Waals surface area contributed by atoms with Crippen molar-refractivity contribution in [3.05, 3.63) is 93.5 Å². The molecule has 3 aromatic carbocycles. The second-order valence-corrected chi connectivity index (χ2v) is 6.77. The fourth-order valence-electron chi connectivity index (χ4n) is 3.42. The largest absolute Gasteiger partial charge is 0.454 e. The van der Waals surface area contributed by atoms with Crippen molar-refractivity contribution in [2.24, 2.45) is 4.99 Å². The first kappa shape index (κ1) is 16.2. The highest BCUT2D eigenvalue weighted by Gasteiger charge is 2.27. The second kappa shape index (κ2) is 6.30. The van der Waals surface area contributed by atoms with E-state index in [1.165, 1.54) is 5.06 Å². The number of fused-ring (bicyclic) bond motifs is 2. The molecule has 0 fully saturated rings. The molecule has 2 heterocycles. The van der Waals surface area contributed by atoms with Gasteiger partial charge in [-0.3, -0.25) is 10.2 Å². The van der Waals surface area contributed by atoms with E-state index in [4.69, 9.17) is 26.1 Å². The van der Waals surface area contributed by atoms with E-state index >= 15 is 0 Å². The maximum absolute atomic E-state index is 11.1. The molecule has 6 heteroatoms. The van der Waals surface area contributed by atoms with Crippen molar-refractivity contribution in [2.45, 2.75) is 6.17 Å². The molecule has 2 aliphatic rings. The minimum Gasteiger partial charge on any atom is -0.454 e. The number of hydrogen-bond acceptors (Lipinski definition) is 5. The van der Waals surface area contributed by atoms with Crippen molar-refractivity contribution in [1.29, 1.82) is 0 Å². The standard InChI is InChI=1S/C21H15ClN2O3/c22-15-7-8-17-16(11-15)20(13-4-2-1-3-5-13)24(25)21(23-17)14-6-9-18-19(10-14)27-12-26-18/h1-11,21,25H,12H2. The zero-order chi connectivity index (χ0) is 18.4. The highest BCUT2D eigenvalue weighted by atomic mass is 35.5. The fourth-order valence-corrected chi connectivity index (χ4v) is 3.59. The second-order valence-electron chi connectivity index (χ2n) is 6.34. The third-order valence-electron chi connectivity index (χ3n) is 4.68. The van der Waals surface area contributed by atoms with Crippen LogP contribution in [0.4, 0.5) is 0 Å². The summed E-state index contributed by atoms with van der Waals surface area (Å²) in [7, 11) is 0. The van der Waals surface area contributed by atoms with Crippen LogP contribution in [0.25, 0.3) is 5.70 Å². The van der Waals surface area contributed by atoms with Crippen LogP contribution in [0.3, 0.4) is 0 Å². The Morgan fingerprint density at radius 2 is 1.78 bits per heavy atom. The van der Waals surface area contributed by atoms with Crippen LogP contribution in [-0.4, -0.2) is 17.1 Å². The maximum Gasteiger partial charge on any atom is 0.231 e. The molecule has 5 rings (SSSR count). The Bertz CT molecular complexity index is 1150. The monoisotopic (exact) mass is 378 g/mol. The van der Waals surface area contributed by atoms with Gasteiger partial charge in [-0.2, -0.15) is 0 Å². The number of ether oxygens (including phenoxy) is 2. The molecule has 0 aliphatic carbocycles. The first-order valence-electron chi connectivity index (χ1n) is 8.51. The van der Waals surface area contributed by atoms with Gasteiger partial charge in [0.2, 0.25) is 6.79 Å². The molecule has 3 aromatic rings. The number of benzene rings is 3. The van der Waals surface area contributed by atoms with E-state index in [0.717, 1.165) is 21.7 Å². The van der Waals surface area contributed by atoms with E-state index in [2.05, 4.69) is 0 Å². The molecule has 1 N–H and O–H groups in total. The zero-order valence-corrected chi connectivity index (χ0v) is 14.9. The van der Waals surface area contributed by atoms with Crippen molar-refractivity contribution in [3.8, 4) is 11.5 Å². The summed E-state index contributed by atoms with van der Waals surface area (Å²) in [6, 6.07) is 20.8. The molecule has 1 unspecified atom stereocenters. The minimum atomic E-state index is -0.608. The third-order valence-corrected chi connectivity index (χ3v) is 4.91. The van der Waals surface area contributed by atoms with Crippen LogP contribution in [0.15, 0.2) is 71.7 Å². The molecule has 5 nitrogen and oxygen atoms in total. The summed E-state index contributed by atoms with van der Waals surface area (Å²) in [5.74, 6) is 1.35. The van der Waals surface area contributed by atoms with Gasteiger partial charge in [-0.05, 0) is 30.3 Å². The molecular weight excluding hydrogens is 364 g/mol. The van der Waals surface area contributed by atoms with Crippen LogP contribution >= 0.6 is 11.6 Å². The lowest BCUT2D eigenvalue weighted by atomic mass is 10.0. The predicted octanol–water partition coefficient (Wildman–Crippen LogP) is 3.25. The fraction of sp³-hybridized carbons (Fsp3) is 0.0952. The van der Waals surface area contributed by atoms with Crippen LogP contribution in [-0.2, 0) is 0 Å². The predicted molar refractivity (Wildman–Crippen MR) is 100 cm³/mol. The number of halogens is 1. The van der Waals surface area contributed by atoms with Crippen molar-refractivity contribution in [3.63, 3.8) is 0 Å². The molecular formula is C21H15ClN2O3. The van der Waals surface area contributed by atoms with Gasteiger partial charge in [-0.15, -0.1) is 0 Å². The summed E-state index contributed by atoms with van der Waals surface area (Å²) in [5, 5.41) is 14.4. The average Bonchev–Trinajstić information content (AvgIpc) is 3.16. The first-order chi connectivity index (χ1) is 13.2. The van der Waals surface area contributed by atoms with E-state index < -0.39 is 6.17 Å². The van der Waals surface area contributed by atoms with Gasteiger partial charge >= 0.3 is 0 Å². The van der Waals surface area contributed by atoms with E-state index in [1.807, 2.05) is 60.7 Å². The van der Waals surface area contributed by atoms with Crippen LogP contribution in [0.5, 0.6) is 11.5 Å². The zero-order valence-electron chi connectivity index (χ0n) is 14.2. The molecule has 0 aromatic heterocycles. The summed E-state index contributed by atoms with van der Waals surface area (Å²) >= 11 is 6.21. The van der Waals surface area contributed by atoms with E-state index in [0.29, 0.717) is 22.2 Å². The molecule has 0 radical (unpaired) electrons. The Labute approximate surface area is 160 Å². The molecule has 2 aliphatic heterocycles. The van der Waals surface area contributed by atoms with Gasteiger partial charge in [0.1, 0.15) is 0 Å². The SMILES string of the molecule is ON1C(c2ccccc2)=c2cc(Cl)ccc2=NC1c1ccc2c(c1)OCO2. The number of hydrogen-bond donors (Lipinski definition) is 1. The van der Waals surface area contributed by atoms with Gasteiger partial charge in [-0.1, -0.05) is 48.0 Å². The van der Waals surface area contributed by atoms with Gasteiger partial charge in [0, 0.05) is 21.4 Å². The Kier molecular flexibility index (Phi) is 3.77. The lowest BCUT2D eigenvalue weighted by Gasteiger charge is -2.30. The minimum absolute atomic E-state index is 0.201. The highest BCUT2D eigenvalue weighted by molar-refractivity contribution is 6.30. The maximum atomic E-state index is 11.1. The molecule has 0 spiro atoms. The van der Waals surface area contributed by atoms with Gasteiger partial charge in [0.25, 0.3) is 0 Å². The summed E-state index contributed by atoms with van der Waals surface area (Å²) in [4.78, 5) is 4.74. The molecule has 0 saturated heterocycles. The smallest absolute Gasteiger partial charge is 0.231 e. The van der Waals surface area contributed by atoms with Crippen LogP contribution in [0.1, 0.15) is 17.3 Å². The molecule has 0 bridgehead atoms. The van der Waals surface area contributed by atoms with Crippen LogP contribution in [0.2, 0.25) is 5.02 Å². The van der Waals surface area contributed by atoms with Crippen molar-refractivity contribution in [2.75, 3.05) is 6.79 Å². The van der Waals surface area contributed by atoms with Gasteiger partial charge in [0.15, 0.2) is 17.7 Å². The number of hydroxylamine groups is 2. The molecule has 0 amide bonds. The normalized spacial score (nSPS) is 17.5. The van der Waals surface area contributed by atoms with Gasteiger partial charge in [-0.25, -0.2) is 5.06 Å². The molecule has 1 atom stereocenters. The Morgan fingerprint density at radius 1 is 0.963 bits per heavy atom. The number of nitrogens with zero attached hydrogens (tertiary/aromatic N) is 2. The lowest BCUT2D eigenvalue weighted by Crippen LogP contribution is -2.41. The summed E-state index contributed by atoms with van der Waals surface area (Å²) in [5.41, 5.74) is 2.34. The van der Waals surface area contributed by atoms with Crippen molar-refractivity contribution < 1.29 is 14.7 Å². The highest BCUT2D eigenvalue weighted by Crippen LogP contribution is 2.37. The summed E-state index contributed by atoms with van der Waals surface area (Å²) in [6.07, 6.45) is -0.608. The van der Waals surface area contributed by atoms with Crippen molar-refractivity contribution in [1.82, 2.24) is 5.06 Å². The third kappa shape index (κ3) is 2.72. The lowest BCUT2D eigenvalue weighted by molar-refractivity contribution is -0.0688. The van der Waals surface area contributed by atoms with E-state index in [1.54, 1.807) is 6.07 Å². The Morgan fingerprint density at radius 3 is 2.63 bits per heavy atom. The average molecular weight is 379 g/mol. The number of rotatable bonds is 2. The summed E-state index contributed by atoms with van der Waals surface area (Å²) < 4.78 is 10.9. The molecule has 27 heavy (non-hydrogen) atoms.